The Kier molecular flexibility index (Phi) is 5.54. The van der Waals surface area contributed by atoms with Gasteiger partial charge in [0.1, 0.15) is 5.75 Å². The predicted octanol–water partition coefficient (Wildman–Crippen LogP) is 0.179. The van der Waals surface area contributed by atoms with Crippen LogP contribution in [0.5, 0.6) is 5.75 Å². The second-order valence-corrected chi connectivity index (χ2v) is 5.99. The van der Waals surface area contributed by atoms with Crippen LogP contribution in [0.15, 0.2) is 29.2 Å². The molecule has 0 radical (unpaired) electrons. The number of carbonyl (C=O) groups is 1. The van der Waals surface area contributed by atoms with Crippen molar-refractivity contribution in [2.24, 2.45) is 0 Å². The van der Waals surface area contributed by atoms with Gasteiger partial charge in [0.2, 0.25) is 0 Å². The molecule has 1 atom stereocenters. The Hall–Kier alpha value is -1.64. The van der Waals surface area contributed by atoms with E-state index in [1.807, 2.05) is 12.1 Å². The van der Waals surface area contributed by atoms with Gasteiger partial charge in [-0.3, -0.25) is 10.1 Å². The zero-order valence-corrected chi connectivity index (χ0v) is 13.0. The average molecular weight is 312 g/mol. The van der Waals surface area contributed by atoms with Crippen LogP contribution in [-0.2, 0) is 11.0 Å². The minimum Gasteiger partial charge on any atom is -0.497 e. The summed E-state index contributed by atoms with van der Waals surface area (Å²) in [4.78, 5) is 14.5. The number of hydrogen-bond acceptors (Lipinski definition) is 5. The lowest BCUT2D eigenvalue weighted by Gasteiger charge is -2.32. The van der Waals surface area contributed by atoms with Crippen molar-refractivity contribution in [3.63, 3.8) is 0 Å². The molecule has 116 valence electrons. The Bertz CT molecular complexity index is 501. The summed E-state index contributed by atoms with van der Waals surface area (Å²) in [6.45, 7) is 3.28. The highest BCUT2D eigenvalue weighted by molar-refractivity contribution is 7.83. The van der Waals surface area contributed by atoms with E-state index in [0.717, 1.165) is 26.2 Å². The summed E-state index contributed by atoms with van der Waals surface area (Å²) in [5.41, 5.74) is 2.70. The molecule has 2 rings (SSSR count). The number of methoxy groups -OCH3 is 1. The molecule has 1 unspecified atom stereocenters. The molecular weight excluding hydrogens is 292 g/mol. The van der Waals surface area contributed by atoms with Crippen molar-refractivity contribution in [2.75, 3.05) is 40.3 Å². The van der Waals surface area contributed by atoms with Crippen LogP contribution >= 0.6 is 0 Å². The van der Waals surface area contributed by atoms with Crippen LogP contribution in [-0.4, -0.2) is 60.5 Å². The van der Waals surface area contributed by atoms with Gasteiger partial charge in [0.05, 0.1) is 12.0 Å². The number of urea groups is 1. The minimum atomic E-state index is -1.59. The van der Waals surface area contributed by atoms with Crippen molar-refractivity contribution in [2.45, 2.75) is 4.90 Å². The molecule has 1 fully saturated rings. The Morgan fingerprint density at radius 1 is 1.19 bits per heavy atom. The molecule has 1 saturated heterocycles. The Morgan fingerprint density at radius 2 is 1.81 bits per heavy atom. The number of amides is 2. The standard InChI is InChI=1S/C13H20N4O3S/c1-16-7-9-17(10-8-16)14-13(18)15-21(19)12-5-3-11(20-2)4-6-12/h3-6H,7-10H2,1-2H3,(H2,14,15,18). The summed E-state index contributed by atoms with van der Waals surface area (Å²) in [5, 5.41) is 1.82. The van der Waals surface area contributed by atoms with Crippen LogP contribution in [0.25, 0.3) is 0 Å². The normalized spacial score (nSPS) is 18.0. The van der Waals surface area contributed by atoms with Gasteiger partial charge in [-0.15, -0.1) is 0 Å². The maximum Gasteiger partial charge on any atom is 0.341 e. The molecular formula is C13H20N4O3S. The van der Waals surface area contributed by atoms with Gasteiger partial charge in [-0.2, -0.15) is 0 Å². The number of nitrogens with zero attached hydrogens (tertiary/aromatic N) is 2. The fourth-order valence-electron chi connectivity index (χ4n) is 1.93. The number of hydrogen-bond donors (Lipinski definition) is 2. The molecule has 2 N–H and O–H groups in total. The fraction of sp³-hybridized carbons (Fsp3) is 0.462. The van der Waals surface area contributed by atoms with Crippen LogP contribution in [0.2, 0.25) is 0 Å². The molecule has 7 nitrogen and oxygen atoms in total. The minimum absolute atomic E-state index is 0.464. The zero-order valence-electron chi connectivity index (χ0n) is 12.2. The number of likely N-dealkylation sites (N-methyl/N-ethyl adjacent to an activating group) is 1. The molecule has 0 aromatic heterocycles. The molecule has 0 bridgehead atoms. The van der Waals surface area contributed by atoms with Gasteiger partial charge in [0, 0.05) is 26.2 Å². The zero-order chi connectivity index (χ0) is 15.2. The summed E-state index contributed by atoms with van der Waals surface area (Å²) >= 11 is 0. The summed E-state index contributed by atoms with van der Waals surface area (Å²) in [6, 6.07) is 6.25. The predicted molar refractivity (Wildman–Crippen MR) is 80.1 cm³/mol. The molecule has 1 heterocycles. The van der Waals surface area contributed by atoms with Gasteiger partial charge >= 0.3 is 6.03 Å². The van der Waals surface area contributed by atoms with Crippen molar-refractivity contribution in [1.82, 2.24) is 20.1 Å². The van der Waals surface area contributed by atoms with Crippen LogP contribution in [0.3, 0.4) is 0 Å². The largest absolute Gasteiger partial charge is 0.497 e. The third-order valence-corrected chi connectivity index (χ3v) is 4.29. The van der Waals surface area contributed by atoms with Crippen molar-refractivity contribution in [3.05, 3.63) is 24.3 Å². The van der Waals surface area contributed by atoms with Crippen LogP contribution in [0, 0.1) is 0 Å². The highest BCUT2D eigenvalue weighted by Crippen LogP contribution is 2.13. The Morgan fingerprint density at radius 3 is 2.38 bits per heavy atom. The molecule has 21 heavy (non-hydrogen) atoms. The SMILES string of the molecule is COc1ccc(S(=O)NC(=O)NN2CCN(C)CC2)cc1. The third-order valence-electron chi connectivity index (χ3n) is 3.22. The maximum absolute atomic E-state index is 12.0. The van der Waals surface area contributed by atoms with Gasteiger partial charge in [-0.1, -0.05) is 0 Å². The third kappa shape index (κ3) is 4.69. The topological polar surface area (TPSA) is 73.9 Å². The molecule has 1 aliphatic heterocycles. The lowest BCUT2D eigenvalue weighted by atomic mass is 10.3. The fourth-order valence-corrected chi connectivity index (χ4v) is 2.64. The summed E-state index contributed by atoms with van der Waals surface area (Å²) in [7, 11) is 2.01. The van der Waals surface area contributed by atoms with Crippen molar-refractivity contribution >= 4 is 17.0 Å². The molecule has 0 spiro atoms. The first-order chi connectivity index (χ1) is 10.1. The maximum atomic E-state index is 12.0. The lowest BCUT2D eigenvalue weighted by molar-refractivity contribution is 0.114. The van der Waals surface area contributed by atoms with E-state index in [0.29, 0.717) is 10.6 Å². The molecule has 8 heteroatoms. The number of carbonyl (C=O) groups excluding carboxylic acids is 1. The second kappa shape index (κ2) is 7.39. The van der Waals surface area contributed by atoms with Gasteiger partial charge in [0.25, 0.3) is 0 Å². The number of ether oxygens (including phenoxy) is 1. The summed E-state index contributed by atoms with van der Waals surface area (Å²) in [5.74, 6) is 0.678. The monoisotopic (exact) mass is 312 g/mol. The lowest BCUT2D eigenvalue weighted by Crippen LogP contribution is -2.54. The summed E-state index contributed by atoms with van der Waals surface area (Å²) < 4.78 is 19.5. The van der Waals surface area contributed by atoms with Gasteiger partial charge in [-0.25, -0.2) is 14.0 Å². The molecule has 1 aromatic carbocycles. The Labute approximate surface area is 126 Å². The number of nitrogens with one attached hydrogen (secondary N) is 2. The van der Waals surface area contributed by atoms with E-state index in [-0.39, 0.29) is 0 Å². The first kappa shape index (κ1) is 15.7. The molecule has 1 aliphatic rings. The second-order valence-electron chi connectivity index (χ2n) is 4.78. The molecule has 1 aromatic rings. The first-order valence-electron chi connectivity index (χ1n) is 6.65. The van der Waals surface area contributed by atoms with Gasteiger partial charge in [0.15, 0.2) is 11.0 Å². The number of piperazine rings is 1. The van der Waals surface area contributed by atoms with Crippen LogP contribution in [0.4, 0.5) is 4.79 Å². The molecule has 0 aliphatic carbocycles. The van der Waals surface area contributed by atoms with Crippen molar-refractivity contribution < 1.29 is 13.7 Å². The van der Waals surface area contributed by atoms with E-state index in [9.17, 15) is 9.00 Å². The quantitative estimate of drug-likeness (QED) is 0.830. The number of hydrazine groups is 1. The summed E-state index contributed by atoms with van der Waals surface area (Å²) in [6.07, 6.45) is 0. The van der Waals surface area contributed by atoms with Crippen LogP contribution < -0.4 is 14.9 Å². The Balaban J connectivity index is 1.82. The van der Waals surface area contributed by atoms with E-state index in [4.69, 9.17) is 4.74 Å². The smallest absolute Gasteiger partial charge is 0.341 e. The van der Waals surface area contributed by atoms with E-state index < -0.39 is 17.0 Å². The van der Waals surface area contributed by atoms with Gasteiger partial charge in [-0.05, 0) is 31.3 Å². The number of benzene rings is 1. The highest BCUT2D eigenvalue weighted by Gasteiger charge is 2.16. The van der Waals surface area contributed by atoms with E-state index in [1.165, 1.54) is 0 Å². The van der Waals surface area contributed by atoms with Crippen molar-refractivity contribution in [3.8, 4) is 5.75 Å². The van der Waals surface area contributed by atoms with Gasteiger partial charge < -0.3 is 9.64 Å². The van der Waals surface area contributed by atoms with E-state index in [1.54, 1.807) is 31.4 Å². The first-order valence-corrected chi connectivity index (χ1v) is 7.80. The number of rotatable bonds is 4. The van der Waals surface area contributed by atoms with Crippen molar-refractivity contribution in [1.29, 1.82) is 0 Å². The molecule has 0 saturated carbocycles. The highest BCUT2D eigenvalue weighted by atomic mass is 32.2. The van der Waals surface area contributed by atoms with Crippen LogP contribution in [0.1, 0.15) is 0 Å². The average Bonchev–Trinajstić information content (AvgIpc) is 2.49. The molecule has 2 amide bonds. The van der Waals surface area contributed by atoms with E-state index in [2.05, 4.69) is 15.0 Å². The van der Waals surface area contributed by atoms with E-state index >= 15 is 0 Å².